The number of rotatable bonds is 0. The number of hydrogen-bond donors (Lipinski definition) is 0. The van der Waals surface area contributed by atoms with Crippen molar-refractivity contribution in [2.24, 2.45) is 0 Å². The molecule has 0 radical (unpaired) electrons. The van der Waals surface area contributed by atoms with Gasteiger partial charge in [0.15, 0.2) is 0 Å². The molecule has 0 aromatic carbocycles. The van der Waals surface area contributed by atoms with Crippen molar-refractivity contribution in [3.8, 4) is 0 Å². The Balaban J connectivity index is 2.45. The Labute approximate surface area is 54.2 Å². The van der Waals surface area contributed by atoms with Crippen LogP contribution in [0.15, 0.2) is 0 Å². The van der Waals surface area contributed by atoms with E-state index < -0.39 is 6.04 Å². The average molecular weight is 152 g/mol. The molecule has 0 unspecified atom stereocenters. The molecule has 8 heavy (non-hydrogen) atoms. The fourth-order valence-electron chi connectivity index (χ4n) is 0.557. The van der Waals surface area contributed by atoms with Crippen LogP contribution in [0.3, 0.4) is 0 Å². The quantitative estimate of drug-likeness (QED) is 0.483. The van der Waals surface area contributed by atoms with Gasteiger partial charge in [0.1, 0.15) is 6.79 Å². The van der Waals surface area contributed by atoms with Gasteiger partial charge in [0.2, 0.25) is 0 Å². The second-order valence-corrected chi connectivity index (χ2v) is 7.84. The molecule has 1 fully saturated rings. The third-order valence-corrected chi connectivity index (χ3v) is 2.99. The molecule has 0 amide bonds. The summed E-state index contributed by atoms with van der Waals surface area (Å²) in [5, 5.41) is 0. The second-order valence-electron chi connectivity index (χ2n) is 2.08. The lowest BCUT2D eigenvalue weighted by Gasteiger charge is -2.21. The Morgan fingerprint density at radius 3 is 2.12 bits per heavy atom. The first-order valence-electron chi connectivity index (χ1n) is 2.42. The molecular weight excluding hydrogens is 143 g/mol. The monoisotopic (exact) mass is 152 g/mol. The van der Waals surface area contributed by atoms with Gasteiger partial charge in [-0.05, 0) is 6.66 Å². The van der Waals surface area contributed by atoms with Crippen LogP contribution in [0.4, 0.5) is 0 Å². The van der Waals surface area contributed by atoms with Gasteiger partial charge in [0.25, 0.3) is 0 Å². The lowest BCUT2D eigenvalue weighted by Crippen LogP contribution is -2.11. The van der Waals surface area contributed by atoms with Crippen LogP contribution in [-0.2, 0) is 21.3 Å². The van der Waals surface area contributed by atoms with E-state index in [4.69, 9.17) is 21.3 Å². The van der Waals surface area contributed by atoms with Gasteiger partial charge in [-0.2, -0.15) is 0 Å². The highest BCUT2D eigenvalue weighted by Crippen LogP contribution is 2.43. The van der Waals surface area contributed by atoms with Crippen LogP contribution in [0.1, 0.15) is 0 Å². The molecule has 4 heteroatoms. The zero-order valence-corrected chi connectivity index (χ0v) is 6.50. The van der Waals surface area contributed by atoms with Crippen molar-refractivity contribution in [1.82, 2.24) is 0 Å². The summed E-state index contributed by atoms with van der Waals surface area (Å²) in [5.41, 5.74) is 0. The standard InChI is InChI=1S/C4H9O2PS/c1-7(8)3-5-2-6-4-7/h2-4H2,1H3. The van der Waals surface area contributed by atoms with E-state index in [-0.39, 0.29) is 0 Å². The Morgan fingerprint density at radius 1 is 1.38 bits per heavy atom. The highest BCUT2D eigenvalue weighted by Gasteiger charge is 2.14. The Bertz CT molecular complexity index is 115. The van der Waals surface area contributed by atoms with Crippen LogP contribution >= 0.6 is 6.04 Å². The van der Waals surface area contributed by atoms with Crippen LogP contribution in [-0.4, -0.2) is 26.2 Å². The molecule has 0 N–H and O–H groups in total. The van der Waals surface area contributed by atoms with Crippen LogP contribution in [0.2, 0.25) is 0 Å². The summed E-state index contributed by atoms with van der Waals surface area (Å²) in [5.74, 6) is 0. The maximum absolute atomic E-state index is 5.16. The molecule has 1 saturated heterocycles. The summed E-state index contributed by atoms with van der Waals surface area (Å²) in [6.07, 6.45) is 1.50. The van der Waals surface area contributed by atoms with E-state index in [2.05, 4.69) is 6.66 Å². The first-order valence-corrected chi connectivity index (χ1v) is 6.04. The van der Waals surface area contributed by atoms with E-state index in [1.807, 2.05) is 0 Å². The van der Waals surface area contributed by atoms with Gasteiger partial charge in [-0.25, -0.2) is 0 Å². The lowest BCUT2D eigenvalue weighted by atomic mass is 11.3. The molecule has 0 atom stereocenters. The SMILES string of the molecule is CP1(=S)COCOC1. The lowest BCUT2D eigenvalue weighted by molar-refractivity contribution is -0.0345. The molecule has 0 aromatic heterocycles. The van der Waals surface area contributed by atoms with Gasteiger partial charge in [-0.15, -0.1) is 0 Å². The number of hydrogen-bond acceptors (Lipinski definition) is 3. The van der Waals surface area contributed by atoms with Crippen molar-refractivity contribution in [3.05, 3.63) is 0 Å². The first kappa shape index (κ1) is 6.69. The molecule has 1 aliphatic rings. The van der Waals surface area contributed by atoms with E-state index in [0.29, 0.717) is 6.79 Å². The third-order valence-electron chi connectivity index (χ3n) is 0.895. The van der Waals surface area contributed by atoms with E-state index in [1.165, 1.54) is 0 Å². The smallest absolute Gasteiger partial charge is 0.147 e. The van der Waals surface area contributed by atoms with Gasteiger partial charge >= 0.3 is 0 Å². The maximum Gasteiger partial charge on any atom is 0.147 e. The Morgan fingerprint density at radius 2 is 1.88 bits per heavy atom. The second kappa shape index (κ2) is 2.44. The zero-order valence-electron chi connectivity index (χ0n) is 4.79. The summed E-state index contributed by atoms with van der Waals surface area (Å²) in [6, 6.07) is -1.20. The fraction of sp³-hybridized carbons (Fsp3) is 1.00. The van der Waals surface area contributed by atoms with E-state index in [9.17, 15) is 0 Å². The average Bonchev–Trinajstić information content (AvgIpc) is 1.65. The molecule has 0 aromatic rings. The first-order chi connectivity index (χ1) is 3.71. The molecule has 0 bridgehead atoms. The minimum Gasteiger partial charge on any atom is -0.350 e. The predicted molar refractivity (Wildman–Crippen MR) is 37.0 cm³/mol. The Hall–Kier alpha value is 0.570. The minimum absolute atomic E-state index is 0.437. The topological polar surface area (TPSA) is 18.5 Å². The predicted octanol–water partition coefficient (Wildman–Crippen LogP) is 1.01. The normalized spacial score (nSPS) is 27.6. The zero-order chi connectivity index (χ0) is 6.04. The summed E-state index contributed by atoms with van der Waals surface area (Å²) in [6.45, 7) is 2.49. The van der Waals surface area contributed by atoms with Crippen LogP contribution in [0.5, 0.6) is 0 Å². The van der Waals surface area contributed by atoms with Gasteiger partial charge in [-0.1, -0.05) is 11.8 Å². The summed E-state index contributed by atoms with van der Waals surface area (Å²) in [7, 11) is 0. The summed E-state index contributed by atoms with van der Waals surface area (Å²) >= 11 is 5.16. The van der Waals surface area contributed by atoms with Gasteiger partial charge in [0.05, 0.1) is 12.7 Å². The molecule has 1 heterocycles. The summed E-state index contributed by atoms with van der Waals surface area (Å²) in [4.78, 5) is 0. The third kappa shape index (κ3) is 1.82. The highest BCUT2D eigenvalue weighted by atomic mass is 32.4. The van der Waals surface area contributed by atoms with Crippen molar-refractivity contribution >= 4 is 17.8 Å². The fourth-order valence-corrected chi connectivity index (χ4v) is 2.00. The largest absolute Gasteiger partial charge is 0.350 e. The van der Waals surface area contributed by atoms with Crippen molar-refractivity contribution in [1.29, 1.82) is 0 Å². The van der Waals surface area contributed by atoms with Gasteiger partial charge < -0.3 is 9.47 Å². The molecule has 48 valence electrons. The van der Waals surface area contributed by atoms with Crippen LogP contribution < -0.4 is 0 Å². The summed E-state index contributed by atoms with van der Waals surface area (Å²) < 4.78 is 10.0. The van der Waals surface area contributed by atoms with Crippen molar-refractivity contribution in [3.63, 3.8) is 0 Å². The molecule has 0 spiro atoms. The maximum atomic E-state index is 5.16. The molecule has 1 aliphatic heterocycles. The van der Waals surface area contributed by atoms with E-state index in [0.717, 1.165) is 12.7 Å². The number of ether oxygens (including phenoxy) is 2. The van der Waals surface area contributed by atoms with Crippen LogP contribution in [0.25, 0.3) is 0 Å². The Kier molecular flexibility index (Phi) is 2.04. The highest BCUT2D eigenvalue weighted by molar-refractivity contribution is 8.14. The molecular formula is C4H9O2PS. The van der Waals surface area contributed by atoms with Gasteiger partial charge in [-0.3, -0.25) is 0 Å². The van der Waals surface area contributed by atoms with Gasteiger partial charge in [0, 0.05) is 6.04 Å². The molecule has 0 saturated carbocycles. The molecule has 2 nitrogen and oxygen atoms in total. The minimum atomic E-state index is -1.20. The van der Waals surface area contributed by atoms with E-state index >= 15 is 0 Å². The van der Waals surface area contributed by atoms with Crippen LogP contribution in [0, 0.1) is 0 Å². The molecule has 0 aliphatic carbocycles. The van der Waals surface area contributed by atoms with Crippen molar-refractivity contribution in [2.45, 2.75) is 0 Å². The van der Waals surface area contributed by atoms with Crippen molar-refractivity contribution < 1.29 is 9.47 Å². The molecule has 1 rings (SSSR count). The van der Waals surface area contributed by atoms with E-state index in [1.54, 1.807) is 0 Å². The van der Waals surface area contributed by atoms with Crippen molar-refractivity contribution in [2.75, 3.05) is 26.2 Å².